The van der Waals surface area contributed by atoms with E-state index in [4.69, 9.17) is 4.74 Å². The maximum absolute atomic E-state index is 13.1. The number of amides is 2. The lowest BCUT2D eigenvalue weighted by Crippen LogP contribution is -2.55. The Morgan fingerprint density at radius 1 is 1.02 bits per heavy atom. The Bertz CT molecular complexity index is 1610. The molecule has 2 amide bonds. The average molecular weight is 601 g/mol. The third kappa shape index (κ3) is 6.86. The number of benzene rings is 3. The summed E-state index contributed by atoms with van der Waals surface area (Å²) in [5, 5.41) is 20.8. The molecule has 0 radical (unpaired) electrons. The van der Waals surface area contributed by atoms with Crippen molar-refractivity contribution in [3.63, 3.8) is 0 Å². The maximum Gasteiger partial charge on any atom is 0.270 e. The summed E-state index contributed by atoms with van der Waals surface area (Å²) in [4.78, 5) is 40.2. The Morgan fingerprint density at radius 2 is 1.81 bits per heavy atom. The van der Waals surface area contributed by atoms with Crippen molar-refractivity contribution in [2.45, 2.75) is 31.0 Å². The molecule has 1 aromatic heterocycles. The van der Waals surface area contributed by atoms with Gasteiger partial charge in [0, 0.05) is 66.8 Å². The minimum absolute atomic E-state index is 0.0384. The molecule has 2 heterocycles. The molecule has 12 heteroatoms. The van der Waals surface area contributed by atoms with E-state index in [-0.39, 0.29) is 29.1 Å². The van der Waals surface area contributed by atoms with Crippen LogP contribution in [0.3, 0.4) is 0 Å². The Labute approximate surface area is 253 Å². The van der Waals surface area contributed by atoms with Crippen molar-refractivity contribution >= 4 is 29.3 Å². The number of non-ortho nitro benzene ring substituents is 1. The highest BCUT2D eigenvalue weighted by molar-refractivity contribution is 7.99. The van der Waals surface area contributed by atoms with Gasteiger partial charge in [0.25, 0.3) is 11.6 Å². The van der Waals surface area contributed by atoms with Gasteiger partial charge >= 0.3 is 0 Å². The van der Waals surface area contributed by atoms with Gasteiger partial charge in [-0.05, 0) is 43.7 Å². The summed E-state index contributed by atoms with van der Waals surface area (Å²) in [5.41, 5.74) is 1.98. The number of carbonyl (C=O) groups excluding carboxylic acids is 2. The summed E-state index contributed by atoms with van der Waals surface area (Å²) < 4.78 is 7.41. The SMILES string of the molecule is COc1cccc(-c2nnc(SCCCC(=O)N3CCN(C(=O)c4cccc([N+](=O)[O-])c4)C(C)C3)n2-c2ccccc2)c1. The number of nitrogens with zero attached hydrogens (tertiary/aromatic N) is 6. The highest BCUT2D eigenvalue weighted by atomic mass is 32.2. The standard InChI is InChI=1S/C31H32N6O5S/c1-22-21-34(16-17-35(22)30(39)24-10-6-13-26(19-24)37(40)41)28(38)15-8-18-43-31-33-32-29(23-9-7-14-27(20-23)42-2)36(31)25-11-4-3-5-12-25/h3-7,9-14,19-20,22H,8,15-18,21H2,1-2H3. The fourth-order valence-electron chi connectivity index (χ4n) is 5.07. The Hall–Kier alpha value is -4.71. The fraction of sp³-hybridized carbons (Fsp3) is 0.290. The molecule has 3 aromatic carbocycles. The van der Waals surface area contributed by atoms with Gasteiger partial charge in [0.05, 0.1) is 12.0 Å². The van der Waals surface area contributed by atoms with Gasteiger partial charge in [-0.3, -0.25) is 24.3 Å². The van der Waals surface area contributed by atoms with Crippen molar-refractivity contribution < 1.29 is 19.2 Å². The first-order valence-corrected chi connectivity index (χ1v) is 15.0. The van der Waals surface area contributed by atoms with Gasteiger partial charge in [-0.2, -0.15) is 0 Å². The molecule has 0 bridgehead atoms. The Kier molecular flexibility index (Phi) is 9.35. The predicted octanol–water partition coefficient (Wildman–Crippen LogP) is 5.10. The molecule has 1 aliphatic heterocycles. The second-order valence-corrected chi connectivity index (χ2v) is 11.2. The topological polar surface area (TPSA) is 124 Å². The van der Waals surface area contributed by atoms with E-state index in [9.17, 15) is 19.7 Å². The fourth-order valence-corrected chi connectivity index (χ4v) is 5.96. The number of carbonyl (C=O) groups is 2. The third-order valence-corrected chi connectivity index (χ3v) is 8.30. The van der Waals surface area contributed by atoms with Crippen molar-refractivity contribution in [1.82, 2.24) is 24.6 Å². The molecule has 1 unspecified atom stereocenters. The van der Waals surface area contributed by atoms with E-state index >= 15 is 0 Å². The Morgan fingerprint density at radius 3 is 2.56 bits per heavy atom. The maximum atomic E-state index is 13.1. The van der Waals surface area contributed by atoms with Gasteiger partial charge in [0.15, 0.2) is 11.0 Å². The lowest BCUT2D eigenvalue weighted by atomic mass is 10.1. The number of methoxy groups -OCH3 is 1. The van der Waals surface area contributed by atoms with Crippen molar-refractivity contribution in [2.24, 2.45) is 0 Å². The van der Waals surface area contributed by atoms with Crippen LogP contribution in [-0.4, -0.2) is 79.8 Å². The second-order valence-electron chi connectivity index (χ2n) is 10.2. The smallest absolute Gasteiger partial charge is 0.270 e. The van der Waals surface area contributed by atoms with Crippen LogP contribution in [0.1, 0.15) is 30.1 Å². The lowest BCUT2D eigenvalue weighted by Gasteiger charge is -2.40. The molecule has 5 rings (SSSR count). The van der Waals surface area contributed by atoms with Gasteiger partial charge in [0.1, 0.15) is 5.75 Å². The number of para-hydroxylation sites is 1. The van der Waals surface area contributed by atoms with Gasteiger partial charge in [0.2, 0.25) is 5.91 Å². The molecule has 0 N–H and O–H groups in total. The lowest BCUT2D eigenvalue weighted by molar-refractivity contribution is -0.384. The molecule has 1 aliphatic rings. The predicted molar refractivity (Wildman–Crippen MR) is 163 cm³/mol. The number of hydrogen-bond acceptors (Lipinski definition) is 8. The zero-order valence-electron chi connectivity index (χ0n) is 24.0. The van der Waals surface area contributed by atoms with Crippen LogP contribution in [-0.2, 0) is 4.79 Å². The normalized spacial score (nSPS) is 14.9. The summed E-state index contributed by atoms with van der Waals surface area (Å²) in [5.74, 6) is 1.88. The van der Waals surface area contributed by atoms with Crippen LogP contribution in [0.2, 0.25) is 0 Å². The van der Waals surface area contributed by atoms with E-state index in [1.807, 2.05) is 66.1 Å². The molecular weight excluding hydrogens is 568 g/mol. The van der Waals surface area contributed by atoms with Gasteiger partial charge in [-0.25, -0.2) is 0 Å². The molecular formula is C31H32N6O5S. The number of ether oxygens (including phenoxy) is 1. The zero-order chi connectivity index (χ0) is 30.3. The van der Waals surface area contributed by atoms with Gasteiger partial charge in [-0.1, -0.05) is 48.2 Å². The number of hydrogen-bond donors (Lipinski definition) is 0. The summed E-state index contributed by atoms with van der Waals surface area (Å²) in [7, 11) is 1.63. The molecule has 222 valence electrons. The minimum atomic E-state index is -0.514. The van der Waals surface area contributed by atoms with Crippen LogP contribution in [0.4, 0.5) is 5.69 Å². The molecule has 4 aromatic rings. The van der Waals surface area contributed by atoms with Crippen LogP contribution in [0, 0.1) is 10.1 Å². The van der Waals surface area contributed by atoms with E-state index in [2.05, 4.69) is 10.2 Å². The van der Waals surface area contributed by atoms with E-state index in [0.29, 0.717) is 44.1 Å². The minimum Gasteiger partial charge on any atom is -0.497 e. The zero-order valence-corrected chi connectivity index (χ0v) is 24.8. The molecule has 11 nitrogen and oxygen atoms in total. The quantitative estimate of drug-likeness (QED) is 0.107. The monoisotopic (exact) mass is 600 g/mol. The molecule has 43 heavy (non-hydrogen) atoms. The first kappa shape index (κ1) is 29.8. The van der Waals surface area contributed by atoms with E-state index in [1.54, 1.807) is 34.7 Å². The molecule has 1 atom stereocenters. The van der Waals surface area contributed by atoms with Crippen molar-refractivity contribution in [1.29, 1.82) is 0 Å². The van der Waals surface area contributed by atoms with Crippen molar-refractivity contribution in [3.05, 3.63) is 94.5 Å². The van der Waals surface area contributed by atoms with Crippen molar-refractivity contribution in [2.75, 3.05) is 32.5 Å². The first-order valence-electron chi connectivity index (χ1n) is 14.0. The number of piperazine rings is 1. The molecule has 0 saturated carbocycles. The highest BCUT2D eigenvalue weighted by Gasteiger charge is 2.30. The summed E-state index contributed by atoms with van der Waals surface area (Å²) in [6.45, 7) is 3.10. The number of nitro benzene ring substituents is 1. The number of nitro groups is 1. The number of rotatable bonds is 10. The van der Waals surface area contributed by atoms with Crippen LogP contribution >= 0.6 is 11.8 Å². The first-order chi connectivity index (χ1) is 20.9. The van der Waals surface area contributed by atoms with Crippen LogP contribution in [0.25, 0.3) is 17.1 Å². The molecule has 0 spiro atoms. The van der Waals surface area contributed by atoms with Crippen LogP contribution < -0.4 is 4.74 Å². The molecule has 1 fully saturated rings. The second kappa shape index (κ2) is 13.5. The van der Waals surface area contributed by atoms with Gasteiger partial charge < -0.3 is 14.5 Å². The molecule has 1 saturated heterocycles. The summed E-state index contributed by atoms with van der Waals surface area (Å²) in [6, 6.07) is 23.1. The number of thioether (sulfide) groups is 1. The van der Waals surface area contributed by atoms with E-state index in [0.717, 1.165) is 22.2 Å². The van der Waals surface area contributed by atoms with E-state index < -0.39 is 4.92 Å². The van der Waals surface area contributed by atoms with Crippen LogP contribution in [0.5, 0.6) is 5.75 Å². The number of aromatic nitrogens is 3. The highest BCUT2D eigenvalue weighted by Crippen LogP contribution is 2.30. The summed E-state index contributed by atoms with van der Waals surface area (Å²) in [6.07, 6.45) is 1.03. The van der Waals surface area contributed by atoms with E-state index in [1.165, 1.54) is 18.2 Å². The largest absolute Gasteiger partial charge is 0.497 e. The molecule has 0 aliphatic carbocycles. The summed E-state index contributed by atoms with van der Waals surface area (Å²) >= 11 is 1.55. The third-order valence-electron chi connectivity index (χ3n) is 7.29. The van der Waals surface area contributed by atoms with Crippen molar-refractivity contribution in [3.8, 4) is 22.8 Å². The van der Waals surface area contributed by atoms with Crippen LogP contribution in [0.15, 0.2) is 84.0 Å². The van der Waals surface area contributed by atoms with Gasteiger partial charge in [-0.15, -0.1) is 10.2 Å². The Balaban J connectivity index is 1.18. The average Bonchev–Trinajstić information content (AvgIpc) is 3.47.